The van der Waals surface area contributed by atoms with Crippen LogP contribution in [-0.4, -0.2) is 121 Å². The predicted octanol–water partition coefficient (Wildman–Crippen LogP) is 4.54. The van der Waals surface area contributed by atoms with Gasteiger partial charge >= 0.3 is 46.1 Å². The Morgan fingerprint density at radius 1 is 0.500 bits per heavy atom. The van der Waals surface area contributed by atoms with Gasteiger partial charge in [0.1, 0.15) is 19.3 Å². The Labute approximate surface area is 318 Å². The highest BCUT2D eigenvalue weighted by molar-refractivity contribution is 6.93. The quantitative estimate of drug-likeness (QED) is 0.123. The van der Waals surface area contributed by atoms with Crippen LogP contribution in [0.2, 0.25) is 0 Å². The molecule has 0 radical (unpaired) electrons. The van der Waals surface area contributed by atoms with Gasteiger partial charge < -0.3 is 48.1 Å². The van der Waals surface area contributed by atoms with Crippen LogP contribution in [0.5, 0.6) is 0 Å². The molecule has 52 heavy (non-hydrogen) atoms. The van der Waals surface area contributed by atoms with Crippen LogP contribution in [-0.2, 0) is 61.9 Å². The van der Waals surface area contributed by atoms with Crippen LogP contribution >= 0.6 is 34.8 Å². The first-order valence-electron chi connectivity index (χ1n) is 15.8. The van der Waals surface area contributed by atoms with Gasteiger partial charge in [-0.05, 0) is 92.4 Å². The molecule has 0 amide bonds. The van der Waals surface area contributed by atoms with Gasteiger partial charge in [-0.2, -0.15) is 0 Å². The summed E-state index contributed by atoms with van der Waals surface area (Å²) in [5, 5.41) is 16.9. The predicted molar refractivity (Wildman–Crippen MR) is 186 cm³/mol. The van der Waals surface area contributed by atoms with Crippen LogP contribution in [0.25, 0.3) is 0 Å². The van der Waals surface area contributed by atoms with Gasteiger partial charge in [0.15, 0.2) is 6.10 Å². The zero-order chi connectivity index (χ0) is 41.8. The smallest absolute Gasteiger partial charge is 0.466 e. The van der Waals surface area contributed by atoms with Crippen LogP contribution in [0.15, 0.2) is 0 Å². The monoisotopic (exact) mass is 818 g/mol. The lowest BCUT2D eigenvalue weighted by Gasteiger charge is -2.13. The molecule has 0 aromatic heterocycles. The Hall–Kier alpha value is -3.45. The maximum Gasteiger partial charge on any atom is 0.509 e. The van der Waals surface area contributed by atoms with E-state index in [1.807, 2.05) is 0 Å². The van der Waals surface area contributed by atoms with Crippen molar-refractivity contribution in [2.24, 2.45) is 17.8 Å². The summed E-state index contributed by atoms with van der Waals surface area (Å²) in [6.07, 6.45) is -3.07. The SMILES string of the molecule is CCOC(=O)C(C)CO.CCOC(=O)C(C)COC(=O)Cl.CCOC(=O)C(C)COC(=O)OC(C)C(=O)OCC.CCOC(=O)C(C)O.O=C(Cl)Cl. The zero-order valence-corrected chi connectivity index (χ0v) is 33.4. The van der Waals surface area contributed by atoms with E-state index in [2.05, 4.69) is 51.6 Å². The average Bonchev–Trinajstić information content (AvgIpc) is 3.06. The van der Waals surface area contributed by atoms with Crippen molar-refractivity contribution < 1.29 is 86.5 Å². The Bertz CT molecular complexity index is 1020. The third kappa shape index (κ3) is 42.7. The third-order valence-corrected chi connectivity index (χ3v) is 4.87. The van der Waals surface area contributed by atoms with Crippen molar-refractivity contribution in [3.63, 3.8) is 0 Å². The molecule has 21 heteroatoms. The summed E-state index contributed by atoms with van der Waals surface area (Å²) in [5.74, 6) is -3.85. The minimum atomic E-state index is -1.05. The molecule has 2 N–H and O–H groups in total. The second-order valence-electron chi connectivity index (χ2n) is 9.42. The number of rotatable bonds is 16. The molecule has 0 bridgehead atoms. The minimum absolute atomic E-state index is 0.0405. The van der Waals surface area contributed by atoms with Crippen molar-refractivity contribution in [1.82, 2.24) is 0 Å². The van der Waals surface area contributed by atoms with Crippen LogP contribution in [0.4, 0.5) is 14.4 Å². The summed E-state index contributed by atoms with van der Waals surface area (Å²) < 4.78 is 35.9. The summed E-state index contributed by atoms with van der Waals surface area (Å²) in [7, 11) is 0. The molecule has 0 aliphatic carbocycles. The standard InChI is InChI=1S/C12H20O7.C7H11ClO4.C6H12O3.C5H10O3.CCl2O/c1-5-16-10(13)8(3)7-18-12(15)19-9(4)11(14)17-6-2;1-3-11-6(9)5(2)4-12-7(8)10;1-3-9-6(8)5(2)4-7;1-3-8-5(7)4(2)6;2-1(3)4/h8-9H,5-7H2,1-4H3;5H,3-4H2,1-2H3;5,7H,3-4H2,1-2H3;4,6H,3H2,1-2H3;. The molecule has 0 saturated heterocycles. The normalized spacial score (nSPS) is 12.2. The zero-order valence-electron chi connectivity index (χ0n) is 31.1. The van der Waals surface area contributed by atoms with E-state index in [4.69, 9.17) is 36.1 Å². The molecule has 0 spiro atoms. The van der Waals surface area contributed by atoms with Crippen molar-refractivity contribution in [3.8, 4) is 0 Å². The summed E-state index contributed by atoms with van der Waals surface area (Å²) in [6.45, 7) is 17.1. The highest BCUT2D eigenvalue weighted by Crippen LogP contribution is 2.04. The van der Waals surface area contributed by atoms with E-state index in [1.165, 1.54) is 13.8 Å². The van der Waals surface area contributed by atoms with Gasteiger partial charge in [0.05, 0.1) is 57.4 Å². The number of aliphatic hydroxyl groups excluding tert-OH is 2. The molecule has 0 aliphatic heterocycles. The van der Waals surface area contributed by atoms with Crippen LogP contribution < -0.4 is 0 Å². The fourth-order valence-corrected chi connectivity index (χ4v) is 2.26. The molecule has 5 atom stereocenters. The number of carbonyl (C=O) groups excluding carboxylic acids is 8. The van der Waals surface area contributed by atoms with E-state index in [9.17, 15) is 33.6 Å². The fourth-order valence-electron chi connectivity index (χ4n) is 2.20. The van der Waals surface area contributed by atoms with Crippen molar-refractivity contribution in [1.29, 1.82) is 0 Å². The Balaban J connectivity index is -0.000000192. The maximum absolute atomic E-state index is 11.2. The van der Waals surface area contributed by atoms with E-state index >= 15 is 0 Å². The van der Waals surface area contributed by atoms with Crippen LogP contribution in [0, 0.1) is 17.8 Å². The van der Waals surface area contributed by atoms with Crippen molar-refractivity contribution in [3.05, 3.63) is 0 Å². The molecule has 0 rings (SSSR count). The number of aliphatic hydroxyl groups is 2. The van der Waals surface area contributed by atoms with Gasteiger partial charge in [-0.25, -0.2) is 19.2 Å². The van der Waals surface area contributed by atoms with E-state index in [1.54, 1.807) is 55.4 Å². The number of ether oxygens (including phenoxy) is 8. The van der Waals surface area contributed by atoms with Gasteiger partial charge in [0.25, 0.3) is 0 Å². The lowest BCUT2D eigenvalue weighted by molar-refractivity contribution is -0.154. The Kier molecular flexibility index (Phi) is 43.2. The molecule has 18 nitrogen and oxygen atoms in total. The van der Waals surface area contributed by atoms with Gasteiger partial charge in [-0.15, -0.1) is 0 Å². The molecule has 0 heterocycles. The van der Waals surface area contributed by atoms with Crippen LogP contribution in [0.1, 0.15) is 69.2 Å². The summed E-state index contributed by atoms with van der Waals surface area (Å²) in [6, 6.07) is 0. The third-order valence-electron chi connectivity index (χ3n) is 4.76. The lowest BCUT2D eigenvalue weighted by atomic mass is 10.2. The molecular formula is C31H53Cl3O18. The average molecular weight is 820 g/mol. The van der Waals surface area contributed by atoms with E-state index in [0.29, 0.717) is 19.8 Å². The molecule has 0 aliphatic rings. The highest BCUT2D eigenvalue weighted by atomic mass is 35.5. The highest BCUT2D eigenvalue weighted by Gasteiger charge is 2.22. The molecule has 0 fully saturated rings. The summed E-state index contributed by atoms with van der Waals surface area (Å²) in [4.78, 5) is 84.5. The largest absolute Gasteiger partial charge is 0.509 e. The lowest BCUT2D eigenvalue weighted by Crippen LogP contribution is -2.28. The number of halogens is 3. The fraction of sp³-hybridized carbons (Fsp3) is 0.742. The molecule has 0 aromatic carbocycles. The summed E-state index contributed by atoms with van der Waals surface area (Å²) in [5.41, 5.74) is -0.911. The summed E-state index contributed by atoms with van der Waals surface area (Å²) >= 11 is 13.7. The van der Waals surface area contributed by atoms with Crippen molar-refractivity contribution in [2.75, 3.05) is 52.9 Å². The second kappa shape index (κ2) is 38.8. The first kappa shape index (κ1) is 57.9. The molecule has 0 saturated carbocycles. The molecule has 0 aromatic rings. The minimum Gasteiger partial charge on any atom is -0.466 e. The van der Waals surface area contributed by atoms with Gasteiger partial charge in [0, 0.05) is 11.6 Å². The molecule has 5 unspecified atom stereocenters. The molecule has 306 valence electrons. The Morgan fingerprint density at radius 3 is 1.10 bits per heavy atom. The molecular weight excluding hydrogens is 767 g/mol. The van der Waals surface area contributed by atoms with Gasteiger partial charge in [-0.1, -0.05) is 0 Å². The number of esters is 5. The Morgan fingerprint density at radius 2 is 0.808 bits per heavy atom. The number of hydrogen-bond acceptors (Lipinski definition) is 18. The number of hydrogen-bond donors (Lipinski definition) is 2. The van der Waals surface area contributed by atoms with Crippen molar-refractivity contribution >= 4 is 80.9 Å². The maximum atomic E-state index is 11.2. The second-order valence-corrected chi connectivity index (χ2v) is 10.6. The first-order chi connectivity index (χ1) is 24.1. The van der Waals surface area contributed by atoms with Crippen molar-refractivity contribution in [2.45, 2.75) is 81.4 Å². The van der Waals surface area contributed by atoms with Gasteiger partial charge in [-0.3, -0.25) is 19.2 Å². The van der Waals surface area contributed by atoms with E-state index in [0.717, 1.165) is 0 Å². The number of carbonyl (C=O) groups is 8. The van der Waals surface area contributed by atoms with Gasteiger partial charge in [0.2, 0.25) is 0 Å². The van der Waals surface area contributed by atoms with E-state index < -0.39 is 64.2 Å². The topological polar surface area (TPSA) is 251 Å². The van der Waals surface area contributed by atoms with Crippen LogP contribution in [0.3, 0.4) is 0 Å². The first-order valence-corrected chi connectivity index (χ1v) is 16.9. The van der Waals surface area contributed by atoms with E-state index in [-0.39, 0.29) is 44.9 Å².